The van der Waals surface area contributed by atoms with Crippen LogP contribution in [-0.2, 0) is 16.1 Å². The Kier molecular flexibility index (Phi) is 5.48. The van der Waals surface area contributed by atoms with Crippen molar-refractivity contribution in [2.24, 2.45) is 0 Å². The van der Waals surface area contributed by atoms with Crippen LogP contribution in [0.1, 0.15) is 26.1 Å². The summed E-state index contributed by atoms with van der Waals surface area (Å²) in [4.78, 5) is 24.4. The zero-order valence-electron chi connectivity index (χ0n) is 14.5. The van der Waals surface area contributed by atoms with Crippen LogP contribution in [0.4, 0.5) is 0 Å². The number of ether oxygens (including phenoxy) is 1. The van der Waals surface area contributed by atoms with E-state index in [2.05, 4.69) is 21.8 Å². The molecule has 0 bridgehead atoms. The van der Waals surface area contributed by atoms with E-state index in [9.17, 15) is 4.79 Å². The van der Waals surface area contributed by atoms with Gasteiger partial charge in [0.25, 0.3) is 0 Å². The largest absolute Gasteiger partial charge is 0.369 e. The van der Waals surface area contributed by atoms with Gasteiger partial charge in [-0.25, -0.2) is 4.98 Å². The highest BCUT2D eigenvalue weighted by Crippen LogP contribution is 2.13. The molecule has 2 heterocycles. The lowest BCUT2D eigenvalue weighted by atomic mass is 10.3. The molecule has 1 N–H and O–H groups in total. The predicted octanol–water partition coefficient (Wildman–Crippen LogP) is 2.02. The van der Waals surface area contributed by atoms with E-state index in [-0.39, 0.29) is 18.6 Å². The number of benzene rings is 1. The first-order chi connectivity index (χ1) is 11.7. The van der Waals surface area contributed by atoms with E-state index in [1.807, 2.05) is 36.1 Å². The Balaban J connectivity index is 1.47. The normalized spacial score (nSPS) is 17.3. The Hall–Kier alpha value is -1.92. The molecular formula is C18H26N4O2. The van der Waals surface area contributed by atoms with Gasteiger partial charge in [0.1, 0.15) is 12.4 Å². The second kappa shape index (κ2) is 7.77. The van der Waals surface area contributed by atoms with Gasteiger partial charge in [-0.3, -0.25) is 9.69 Å². The number of H-pyrrole nitrogens is 1. The smallest absolute Gasteiger partial charge is 0.248 e. The summed E-state index contributed by atoms with van der Waals surface area (Å²) in [5, 5.41) is 0. The number of imidazole rings is 1. The summed E-state index contributed by atoms with van der Waals surface area (Å²) in [6.07, 6.45) is 1.07. The van der Waals surface area contributed by atoms with Gasteiger partial charge in [0, 0.05) is 26.2 Å². The van der Waals surface area contributed by atoms with Gasteiger partial charge < -0.3 is 14.6 Å². The van der Waals surface area contributed by atoms with E-state index in [4.69, 9.17) is 4.74 Å². The first-order valence-corrected chi connectivity index (χ1v) is 8.71. The standard InChI is InChI=1S/C18H26N4O2/c1-3-14(2)24-13-18(23)22-10-8-21(9-11-22)12-17-19-15-6-4-5-7-16(15)20-17/h4-7,14H,3,8-13H2,1-2H3,(H,19,20). The predicted molar refractivity (Wildman–Crippen MR) is 93.7 cm³/mol. The topological polar surface area (TPSA) is 61.5 Å². The fourth-order valence-electron chi connectivity index (χ4n) is 2.87. The summed E-state index contributed by atoms with van der Waals surface area (Å²) in [5.41, 5.74) is 2.08. The fourth-order valence-corrected chi connectivity index (χ4v) is 2.87. The molecule has 24 heavy (non-hydrogen) atoms. The van der Waals surface area contributed by atoms with Crippen LogP contribution in [-0.4, -0.2) is 64.6 Å². The average Bonchev–Trinajstić information content (AvgIpc) is 3.02. The molecule has 1 aliphatic heterocycles. The minimum absolute atomic E-state index is 0.0960. The molecule has 1 aromatic carbocycles. The van der Waals surface area contributed by atoms with Gasteiger partial charge in [0.15, 0.2) is 0 Å². The number of carbonyl (C=O) groups is 1. The highest BCUT2D eigenvalue weighted by molar-refractivity contribution is 5.77. The lowest BCUT2D eigenvalue weighted by Crippen LogP contribution is -2.49. The van der Waals surface area contributed by atoms with Gasteiger partial charge in [-0.2, -0.15) is 0 Å². The monoisotopic (exact) mass is 330 g/mol. The number of hydrogen-bond donors (Lipinski definition) is 1. The Morgan fingerprint density at radius 2 is 2.04 bits per heavy atom. The fraction of sp³-hybridized carbons (Fsp3) is 0.556. The second-order valence-corrected chi connectivity index (χ2v) is 6.39. The molecule has 1 fully saturated rings. The van der Waals surface area contributed by atoms with E-state index < -0.39 is 0 Å². The van der Waals surface area contributed by atoms with Crippen molar-refractivity contribution in [3.05, 3.63) is 30.1 Å². The highest BCUT2D eigenvalue weighted by atomic mass is 16.5. The maximum absolute atomic E-state index is 12.2. The lowest BCUT2D eigenvalue weighted by Gasteiger charge is -2.34. The molecule has 130 valence electrons. The third kappa shape index (κ3) is 4.13. The molecule has 2 aromatic rings. The summed E-state index contributed by atoms with van der Waals surface area (Å²) < 4.78 is 5.54. The van der Waals surface area contributed by atoms with Crippen LogP contribution in [0, 0.1) is 0 Å². The maximum Gasteiger partial charge on any atom is 0.248 e. The molecule has 1 unspecified atom stereocenters. The number of para-hydroxylation sites is 2. The van der Waals surface area contributed by atoms with Crippen LogP contribution in [0.2, 0.25) is 0 Å². The summed E-state index contributed by atoms with van der Waals surface area (Å²) in [7, 11) is 0. The molecule has 1 amide bonds. The van der Waals surface area contributed by atoms with E-state index >= 15 is 0 Å². The maximum atomic E-state index is 12.2. The molecule has 0 aliphatic carbocycles. The van der Waals surface area contributed by atoms with Crippen LogP contribution in [0.3, 0.4) is 0 Å². The molecule has 1 saturated heterocycles. The zero-order chi connectivity index (χ0) is 16.9. The van der Waals surface area contributed by atoms with E-state index in [0.717, 1.165) is 56.0 Å². The number of nitrogens with zero attached hydrogens (tertiary/aromatic N) is 3. The average molecular weight is 330 g/mol. The van der Waals surface area contributed by atoms with E-state index in [1.165, 1.54) is 0 Å². The quantitative estimate of drug-likeness (QED) is 0.880. The van der Waals surface area contributed by atoms with Crippen molar-refractivity contribution in [1.82, 2.24) is 19.8 Å². The summed E-state index contributed by atoms with van der Waals surface area (Å²) in [5.74, 6) is 1.08. The van der Waals surface area contributed by atoms with Gasteiger partial charge in [0.05, 0.1) is 23.7 Å². The molecule has 6 heteroatoms. The van der Waals surface area contributed by atoms with Crippen molar-refractivity contribution in [3.8, 4) is 0 Å². The minimum atomic E-state index is 0.0960. The molecule has 0 spiro atoms. The molecule has 1 atom stereocenters. The number of piperazine rings is 1. The van der Waals surface area contributed by atoms with Crippen molar-refractivity contribution in [1.29, 1.82) is 0 Å². The van der Waals surface area contributed by atoms with Gasteiger partial charge in [-0.05, 0) is 25.5 Å². The molecule has 0 radical (unpaired) electrons. The van der Waals surface area contributed by atoms with Crippen molar-refractivity contribution in [2.75, 3.05) is 32.8 Å². The van der Waals surface area contributed by atoms with Crippen molar-refractivity contribution < 1.29 is 9.53 Å². The number of hydrogen-bond acceptors (Lipinski definition) is 4. The molecule has 0 saturated carbocycles. The number of rotatable bonds is 6. The molecule has 1 aliphatic rings. The Morgan fingerprint density at radius 1 is 1.29 bits per heavy atom. The lowest BCUT2D eigenvalue weighted by molar-refractivity contribution is -0.139. The molecule has 3 rings (SSSR count). The van der Waals surface area contributed by atoms with E-state index in [0.29, 0.717) is 0 Å². The summed E-state index contributed by atoms with van der Waals surface area (Å²) in [6.45, 7) is 8.29. The van der Waals surface area contributed by atoms with Crippen LogP contribution in [0.25, 0.3) is 11.0 Å². The number of amides is 1. The van der Waals surface area contributed by atoms with Crippen molar-refractivity contribution in [3.63, 3.8) is 0 Å². The first-order valence-electron chi connectivity index (χ1n) is 8.71. The molecular weight excluding hydrogens is 304 g/mol. The molecule has 1 aromatic heterocycles. The van der Waals surface area contributed by atoms with Crippen LogP contribution < -0.4 is 0 Å². The van der Waals surface area contributed by atoms with Gasteiger partial charge in [-0.1, -0.05) is 19.1 Å². The highest BCUT2D eigenvalue weighted by Gasteiger charge is 2.22. The van der Waals surface area contributed by atoms with Gasteiger partial charge in [0.2, 0.25) is 5.91 Å². The Morgan fingerprint density at radius 3 is 2.75 bits per heavy atom. The second-order valence-electron chi connectivity index (χ2n) is 6.39. The zero-order valence-corrected chi connectivity index (χ0v) is 14.5. The number of aromatic nitrogens is 2. The van der Waals surface area contributed by atoms with Gasteiger partial charge >= 0.3 is 0 Å². The summed E-state index contributed by atoms with van der Waals surface area (Å²) in [6, 6.07) is 8.07. The van der Waals surface area contributed by atoms with E-state index in [1.54, 1.807) is 0 Å². The summed E-state index contributed by atoms with van der Waals surface area (Å²) >= 11 is 0. The van der Waals surface area contributed by atoms with Crippen LogP contribution >= 0.6 is 0 Å². The minimum Gasteiger partial charge on any atom is -0.369 e. The number of fused-ring (bicyclic) bond motifs is 1. The number of carbonyl (C=O) groups excluding carboxylic acids is 1. The third-order valence-electron chi connectivity index (χ3n) is 4.60. The first kappa shape index (κ1) is 16.9. The SMILES string of the molecule is CCC(C)OCC(=O)N1CCN(Cc2nc3ccccc3[nH]2)CC1. The molecule has 6 nitrogen and oxygen atoms in total. The Labute approximate surface area is 142 Å². The van der Waals surface area contributed by atoms with Crippen molar-refractivity contribution >= 4 is 16.9 Å². The third-order valence-corrected chi connectivity index (χ3v) is 4.60. The Bertz CT molecular complexity index is 643. The van der Waals surface area contributed by atoms with Gasteiger partial charge in [-0.15, -0.1) is 0 Å². The van der Waals surface area contributed by atoms with Crippen LogP contribution in [0.15, 0.2) is 24.3 Å². The number of aromatic amines is 1. The van der Waals surface area contributed by atoms with Crippen LogP contribution in [0.5, 0.6) is 0 Å². The number of nitrogens with one attached hydrogen (secondary N) is 1. The van der Waals surface area contributed by atoms with Crippen molar-refractivity contribution in [2.45, 2.75) is 32.9 Å².